The molecular formula is C15H8BrFN2O. The molecule has 0 bridgehead atoms. The first-order valence-corrected chi connectivity index (χ1v) is 6.59. The van der Waals surface area contributed by atoms with Crippen molar-refractivity contribution in [1.29, 1.82) is 0 Å². The lowest BCUT2D eigenvalue weighted by molar-refractivity contribution is 0.479. The molecule has 1 heterocycles. The van der Waals surface area contributed by atoms with E-state index in [4.69, 9.17) is 11.3 Å². The first kappa shape index (κ1) is 12.7. The second kappa shape index (κ2) is 4.99. The molecule has 3 nitrogen and oxygen atoms in total. The lowest BCUT2D eigenvalue weighted by Gasteiger charge is -2.09. The number of nitrogens with one attached hydrogen (secondary N) is 1. The predicted molar refractivity (Wildman–Crippen MR) is 78.7 cm³/mol. The van der Waals surface area contributed by atoms with Crippen LogP contribution in [0.1, 0.15) is 0 Å². The molecule has 0 unspecified atom stereocenters. The summed E-state index contributed by atoms with van der Waals surface area (Å²) >= 11 is 3.49. The van der Waals surface area contributed by atoms with Gasteiger partial charge in [0.1, 0.15) is 17.3 Å². The van der Waals surface area contributed by atoms with E-state index in [9.17, 15) is 4.39 Å². The summed E-state index contributed by atoms with van der Waals surface area (Å²) in [5.74, 6) is 0.486. The molecule has 0 aliphatic carbocycles. The van der Waals surface area contributed by atoms with Gasteiger partial charge < -0.3 is 9.72 Å². The second-order valence-electron chi connectivity index (χ2n) is 4.14. The minimum atomic E-state index is -0.549. The van der Waals surface area contributed by atoms with Crippen LogP contribution in [0.4, 0.5) is 10.1 Å². The monoisotopic (exact) mass is 330 g/mol. The third kappa shape index (κ3) is 2.15. The second-order valence-corrected chi connectivity index (χ2v) is 4.94. The van der Waals surface area contributed by atoms with E-state index in [1.807, 2.05) is 24.4 Å². The van der Waals surface area contributed by atoms with Gasteiger partial charge >= 0.3 is 0 Å². The molecule has 1 aromatic heterocycles. The molecule has 0 aliphatic rings. The van der Waals surface area contributed by atoms with Crippen molar-refractivity contribution in [3.05, 3.63) is 64.3 Å². The standard InChI is InChI=1S/C15H8BrFN2O/c1-18-13-8-9(2-3-11(13)17)20-14-5-4-12-10(15(14)16)6-7-19-12/h2-8,19H. The van der Waals surface area contributed by atoms with Gasteiger partial charge in [-0.15, -0.1) is 0 Å². The molecule has 0 saturated carbocycles. The largest absolute Gasteiger partial charge is 0.457 e. The number of aromatic nitrogens is 1. The zero-order chi connectivity index (χ0) is 14.1. The first-order valence-electron chi connectivity index (χ1n) is 5.79. The van der Waals surface area contributed by atoms with Crippen LogP contribution in [0.15, 0.2) is 47.1 Å². The summed E-state index contributed by atoms with van der Waals surface area (Å²) in [6.45, 7) is 6.91. The molecule has 2 aromatic carbocycles. The van der Waals surface area contributed by atoms with Gasteiger partial charge in [0.25, 0.3) is 0 Å². The molecule has 0 atom stereocenters. The van der Waals surface area contributed by atoms with Crippen LogP contribution in [0.5, 0.6) is 11.5 Å². The molecule has 3 aromatic rings. The molecule has 20 heavy (non-hydrogen) atoms. The molecule has 0 aliphatic heterocycles. The molecule has 3 rings (SSSR count). The number of hydrogen-bond donors (Lipinski definition) is 1. The Morgan fingerprint density at radius 1 is 1.20 bits per heavy atom. The lowest BCUT2D eigenvalue weighted by atomic mass is 10.2. The maximum atomic E-state index is 13.3. The Morgan fingerprint density at radius 2 is 2.05 bits per heavy atom. The molecule has 0 radical (unpaired) electrons. The van der Waals surface area contributed by atoms with Crippen LogP contribution in [-0.4, -0.2) is 4.98 Å². The smallest absolute Gasteiger partial charge is 0.225 e. The maximum Gasteiger partial charge on any atom is 0.225 e. The molecule has 98 valence electrons. The zero-order valence-electron chi connectivity index (χ0n) is 10.2. The molecule has 1 N–H and O–H groups in total. The summed E-state index contributed by atoms with van der Waals surface area (Å²) in [6.07, 6.45) is 1.84. The third-order valence-electron chi connectivity index (χ3n) is 2.90. The minimum absolute atomic E-state index is 0.0543. The number of rotatable bonds is 2. The first-order chi connectivity index (χ1) is 9.69. The van der Waals surface area contributed by atoms with Gasteiger partial charge in [0.05, 0.1) is 11.0 Å². The van der Waals surface area contributed by atoms with Crippen LogP contribution in [0.3, 0.4) is 0 Å². The molecular weight excluding hydrogens is 323 g/mol. The Kier molecular flexibility index (Phi) is 3.17. The van der Waals surface area contributed by atoms with Crippen molar-refractivity contribution in [1.82, 2.24) is 4.98 Å². The topological polar surface area (TPSA) is 29.4 Å². The van der Waals surface area contributed by atoms with Gasteiger partial charge in [-0.2, -0.15) is 0 Å². The van der Waals surface area contributed by atoms with Crippen LogP contribution < -0.4 is 4.74 Å². The van der Waals surface area contributed by atoms with E-state index in [-0.39, 0.29) is 5.69 Å². The summed E-state index contributed by atoms with van der Waals surface area (Å²) in [7, 11) is 0. The van der Waals surface area contributed by atoms with Gasteiger partial charge in [-0.1, -0.05) is 0 Å². The summed E-state index contributed by atoms with van der Waals surface area (Å²) in [5, 5.41) is 0.995. The fourth-order valence-corrected chi connectivity index (χ4v) is 2.48. The van der Waals surface area contributed by atoms with Crippen LogP contribution in [0.25, 0.3) is 15.7 Å². The highest BCUT2D eigenvalue weighted by Crippen LogP contribution is 2.36. The minimum Gasteiger partial charge on any atom is -0.457 e. The van der Waals surface area contributed by atoms with Gasteiger partial charge in [-0.05, 0) is 52.3 Å². The predicted octanol–water partition coefficient (Wildman–Crippen LogP) is 5.41. The number of H-pyrrole nitrogens is 1. The Labute approximate surface area is 122 Å². The SMILES string of the molecule is [C-]#[N+]c1cc(Oc2ccc3[nH]ccc3c2Br)ccc1F. The molecule has 0 saturated heterocycles. The fraction of sp³-hybridized carbons (Fsp3) is 0. The van der Waals surface area contributed by atoms with Crippen LogP contribution in [0, 0.1) is 12.4 Å². The quantitative estimate of drug-likeness (QED) is 0.625. The Bertz CT molecular complexity index is 835. The Morgan fingerprint density at radius 3 is 2.85 bits per heavy atom. The van der Waals surface area contributed by atoms with E-state index in [1.54, 1.807) is 0 Å². The van der Waals surface area contributed by atoms with Crippen molar-refractivity contribution in [2.24, 2.45) is 0 Å². The van der Waals surface area contributed by atoms with Gasteiger partial charge in [0.15, 0.2) is 0 Å². The highest BCUT2D eigenvalue weighted by atomic mass is 79.9. The van der Waals surface area contributed by atoms with Crippen molar-refractivity contribution in [3.8, 4) is 11.5 Å². The average Bonchev–Trinajstić information content (AvgIpc) is 2.93. The molecule has 0 amide bonds. The van der Waals surface area contributed by atoms with E-state index < -0.39 is 5.82 Å². The highest BCUT2D eigenvalue weighted by Gasteiger charge is 2.09. The number of ether oxygens (including phenoxy) is 1. The summed E-state index contributed by atoms with van der Waals surface area (Å²) in [4.78, 5) is 6.22. The van der Waals surface area contributed by atoms with E-state index >= 15 is 0 Å². The van der Waals surface area contributed by atoms with Gasteiger partial charge in [-0.25, -0.2) is 9.24 Å². The molecule has 5 heteroatoms. The summed E-state index contributed by atoms with van der Waals surface area (Å²) in [5.41, 5.74) is 0.937. The van der Waals surface area contributed by atoms with Crippen LogP contribution in [-0.2, 0) is 0 Å². The number of halogens is 2. The molecule has 0 fully saturated rings. The van der Waals surface area contributed by atoms with Gasteiger partial charge in [0.2, 0.25) is 5.69 Å². The lowest BCUT2D eigenvalue weighted by Crippen LogP contribution is -1.86. The number of nitrogens with zero attached hydrogens (tertiary/aromatic N) is 1. The summed E-state index contributed by atoms with van der Waals surface area (Å²) < 4.78 is 19.8. The summed E-state index contributed by atoms with van der Waals surface area (Å²) in [6, 6.07) is 9.75. The van der Waals surface area contributed by atoms with Crippen molar-refractivity contribution in [3.63, 3.8) is 0 Å². The zero-order valence-corrected chi connectivity index (χ0v) is 11.7. The normalized spacial score (nSPS) is 10.4. The van der Waals surface area contributed by atoms with E-state index in [2.05, 4.69) is 25.8 Å². The van der Waals surface area contributed by atoms with Crippen molar-refractivity contribution in [2.75, 3.05) is 0 Å². The maximum absolute atomic E-state index is 13.3. The van der Waals surface area contributed by atoms with E-state index in [0.29, 0.717) is 11.5 Å². The van der Waals surface area contributed by atoms with Crippen molar-refractivity contribution >= 4 is 32.5 Å². The Hall–Kier alpha value is -2.32. The average molecular weight is 331 g/mol. The van der Waals surface area contributed by atoms with Crippen molar-refractivity contribution < 1.29 is 9.13 Å². The fourth-order valence-electron chi connectivity index (χ4n) is 1.92. The van der Waals surface area contributed by atoms with E-state index in [1.165, 1.54) is 18.2 Å². The highest BCUT2D eigenvalue weighted by molar-refractivity contribution is 9.10. The van der Waals surface area contributed by atoms with Crippen molar-refractivity contribution in [2.45, 2.75) is 0 Å². The Balaban J connectivity index is 2.01. The van der Waals surface area contributed by atoms with Gasteiger partial charge in [0, 0.05) is 17.1 Å². The number of hydrogen-bond acceptors (Lipinski definition) is 1. The van der Waals surface area contributed by atoms with Gasteiger partial charge in [-0.3, -0.25) is 0 Å². The molecule has 0 spiro atoms. The number of aromatic amines is 1. The third-order valence-corrected chi connectivity index (χ3v) is 3.72. The van der Waals surface area contributed by atoms with Crippen LogP contribution in [0.2, 0.25) is 0 Å². The number of benzene rings is 2. The van der Waals surface area contributed by atoms with Crippen LogP contribution >= 0.6 is 15.9 Å². The van der Waals surface area contributed by atoms with E-state index in [0.717, 1.165) is 15.4 Å². The number of fused-ring (bicyclic) bond motifs is 1.